The molecule has 8 unspecified atom stereocenters. The van der Waals surface area contributed by atoms with Crippen LogP contribution in [0.1, 0.15) is 110 Å². The average Bonchev–Trinajstić information content (AvgIpc) is 0.746. The molecule has 592 valence electrons. The fourth-order valence-corrected chi connectivity index (χ4v) is 12.8. The highest BCUT2D eigenvalue weighted by atomic mass is 32.2. The fourth-order valence-electron chi connectivity index (χ4n) is 10.6. The van der Waals surface area contributed by atoms with E-state index in [9.17, 15) is 43.2 Å². The molecule has 0 aliphatic carbocycles. The number of guanidine groups is 5. The zero-order chi connectivity index (χ0) is 79.7. The summed E-state index contributed by atoms with van der Waals surface area (Å²) >= 11 is -0.196. The van der Waals surface area contributed by atoms with Crippen molar-refractivity contribution in [2.75, 3.05) is 64.4 Å². The van der Waals surface area contributed by atoms with Gasteiger partial charge in [0.15, 0.2) is 99.5 Å². The number of hydrogen-bond donors (Lipinski definition) is 19. The first-order valence-corrected chi connectivity index (χ1v) is 35.7. The van der Waals surface area contributed by atoms with Crippen molar-refractivity contribution in [1.29, 1.82) is 0 Å². The molecule has 0 spiro atoms. The van der Waals surface area contributed by atoms with Crippen LogP contribution in [0.15, 0.2) is 34.8 Å². The van der Waals surface area contributed by atoms with E-state index < -0.39 is 224 Å². The number of carbonyl (C=O) groups is 9. The number of nitrogens with zero attached hydrogens (tertiary/aromatic N) is 5. The van der Waals surface area contributed by atoms with E-state index in [1.165, 1.54) is 20.9 Å². The van der Waals surface area contributed by atoms with Gasteiger partial charge in [0, 0.05) is 81.2 Å². The number of carbonyl (C=O) groups excluding carboxylic acids is 9. The Kier molecular flexibility index (Phi) is 39.5. The van der Waals surface area contributed by atoms with Crippen molar-refractivity contribution in [2.24, 2.45) is 117 Å². The van der Waals surface area contributed by atoms with Crippen LogP contribution in [0, 0.1) is 70.2 Å². The molecule has 2 aromatic carbocycles. The molecule has 4 bridgehead atoms. The van der Waals surface area contributed by atoms with E-state index in [0.717, 1.165) is 0 Å². The Balaban J connectivity index is 2.49. The number of amides is 5. The molecule has 0 aromatic heterocycles. The van der Waals surface area contributed by atoms with E-state index in [1.807, 2.05) is 0 Å². The van der Waals surface area contributed by atoms with Gasteiger partial charge in [-0.3, -0.25) is 73.4 Å². The highest BCUT2D eigenvalue weighted by molar-refractivity contribution is 7.99. The number of nitrogens with two attached hydrogens (primary N) is 12. The summed E-state index contributed by atoms with van der Waals surface area (Å²) in [5.41, 5.74) is 62.6. The summed E-state index contributed by atoms with van der Waals surface area (Å²) in [5, 5.41) is 18.0. The molecule has 43 heteroatoms. The lowest BCUT2D eigenvalue weighted by atomic mass is 9.91. The fraction of sp³-hybridized carbons (Fsp3) is 0.587. The molecule has 0 saturated carbocycles. The van der Waals surface area contributed by atoms with Crippen LogP contribution in [-0.4, -0.2) is 183 Å². The number of likely N-dealkylation sites (N-methyl/N-ethyl adjacent to an activating group) is 1. The van der Waals surface area contributed by atoms with E-state index in [-0.39, 0.29) is 164 Å². The number of thioether (sulfide) groups is 2. The highest BCUT2D eigenvalue weighted by Crippen LogP contribution is 2.43. The van der Waals surface area contributed by atoms with Crippen LogP contribution in [0.4, 0.5) is 35.1 Å². The molecule has 3 aliphatic heterocycles. The SMILES string of the molecule is CNC1CSc2c(F)c(F)c(c(F)c2F)-c2c(F)c(F)c(c(F)c2F)SCC(C(=O)NCC(=O)C(C)C)CC(=O)C(CCCN=C(N)N)NC(=O)C(CCCN=C(N)N)NC(=O)C(CCCN=C(N)N)CC(=O)C(CCCN=C(N)N)NC(=O)C(CCCN=C(N)N)NC(=O)C(CCCNC(N)N)CC1=O. The minimum Gasteiger partial charge on any atom is -0.370 e. The average molecular weight is 1550 g/mol. The summed E-state index contributed by atoms with van der Waals surface area (Å²) in [6.45, 7) is 1.64. The van der Waals surface area contributed by atoms with Crippen molar-refractivity contribution in [2.45, 2.75) is 156 Å². The van der Waals surface area contributed by atoms with Crippen LogP contribution in [-0.2, 0) is 43.2 Å². The monoisotopic (exact) mass is 1550 g/mol. The molecule has 5 rings (SSSR count). The number of nitrogens with one attached hydrogen (secondary N) is 7. The lowest BCUT2D eigenvalue weighted by molar-refractivity contribution is -0.136. The molecular weight excluding hydrogens is 1450 g/mol. The Hall–Kier alpha value is -9.20. The minimum atomic E-state index is -2.60. The van der Waals surface area contributed by atoms with E-state index >= 15 is 35.1 Å². The van der Waals surface area contributed by atoms with Gasteiger partial charge in [0.25, 0.3) is 0 Å². The Bertz CT molecular complexity index is 3480. The first-order chi connectivity index (χ1) is 49.9. The van der Waals surface area contributed by atoms with Gasteiger partial charge >= 0.3 is 0 Å². The lowest BCUT2D eigenvalue weighted by Crippen LogP contribution is -2.54. The van der Waals surface area contributed by atoms with E-state index in [4.69, 9.17) is 68.8 Å². The van der Waals surface area contributed by atoms with Gasteiger partial charge in [0.2, 0.25) is 29.5 Å². The van der Waals surface area contributed by atoms with Gasteiger partial charge < -0.3 is 101 Å². The van der Waals surface area contributed by atoms with Crippen LogP contribution in [0.25, 0.3) is 11.1 Å². The topological polar surface area (TPSA) is 612 Å². The summed E-state index contributed by atoms with van der Waals surface area (Å²) in [5.74, 6) is -37.2. The van der Waals surface area contributed by atoms with Gasteiger partial charge in [-0.2, -0.15) is 0 Å². The normalized spacial score (nSPS) is 20.0. The summed E-state index contributed by atoms with van der Waals surface area (Å²) in [7, 11) is 1.19. The predicted molar refractivity (Wildman–Crippen MR) is 385 cm³/mol. The number of aliphatic imine (C=N–C) groups is 5. The number of rotatable bonds is 30. The third-order valence-corrected chi connectivity index (χ3v) is 18.7. The maximum Gasteiger partial charge on any atom is 0.243 e. The van der Waals surface area contributed by atoms with E-state index in [2.05, 4.69) is 62.2 Å². The molecule has 106 heavy (non-hydrogen) atoms. The zero-order valence-corrected chi connectivity index (χ0v) is 60.6. The summed E-state index contributed by atoms with van der Waals surface area (Å²) in [4.78, 5) is 147. The van der Waals surface area contributed by atoms with Crippen LogP contribution < -0.4 is 106 Å². The summed E-state index contributed by atoms with van der Waals surface area (Å²) in [6.07, 6.45) is -5.17. The number of halogens is 8. The number of hydrogen-bond acceptors (Lipinski definition) is 20. The first kappa shape index (κ1) is 91.0. The first-order valence-electron chi connectivity index (χ1n) is 33.7. The number of fused-ring (bicyclic) bond motifs is 2. The van der Waals surface area contributed by atoms with Crippen LogP contribution >= 0.6 is 23.5 Å². The zero-order valence-electron chi connectivity index (χ0n) is 58.9. The largest absolute Gasteiger partial charge is 0.370 e. The molecule has 0 radical (unpaired) electrons. The molecule has 3 aliphatic rings. The van der Waals surface area contributed by atoms with Crippen molar-refractivity contribution in [1.82, 2.24) is 37.2 Å². The molecule has 33 nitrogen and oxygen atoms in total. The van der Waals surface area contributed by atoms with Crippen molar-refractivity contribution in [3.8, 4) is 11.1 Å². The maximum atomic E-state index is 16.4. The van der Waals surface area contributed by atoms with Crippen molar-refractivity contribution in [3.05, 3.63) is 46.5 Å². The summed E-state index contributed by atoms with van der Waals surface area (Å²) in [6, 6.07) is -8.01. The molecule has 5 amide bonds. The van der Waals surface area contributed by atoms with Crippen LogP contribution in [0.2, 0.25) is 0 Å². The molecule has 3 heterocycles. The minimum absolute atomic E-state index is 0.00174. The quantitative estimate of drug-likeness (QED) is 0.0101. The Morgan fingerprint density at radius 1 is 0.453 bits per heavy atom. The second-order valence-corrected chi connectivity index (χ2v) is 27.0. The van der Waals surface area contributed by atoms with Gasteiger partial charge in [0.1, 0.15) is 18.4 Å². The van der Waals surface area contributed by atoms with Crippen LogP contribution in [0.5, 0.6) is 0 Å². The lowest BCUT2D eigenvalue weighted by Gasteiger charge is -2.27. The highest BCUT2D eigenvalue weighted by Gasteiger charge is 2.39. The van der Waals surface area contributed by atoms with Crippen molar-refractivity contribution >= 4 is 106 Å². The molecule has 8 atom stereocenters. The van der Waals surface area contributed by atoms with E-state index in [0.29, 0.717) is 0 Å². The third kappa shape index (κ3) is 30.3. The van der Waals surface area contributed by atoms with Gasteiger partial charge in [-0.15, -0.1) is 23.5 Å². The molecule has 31 N–H and O–H groups in total. The standard InChI is InChI=1S/C63H98F8N24O9S2/c1-28(2)40(99)25-91-53(100)31-24-38(97)33(13-7-19-88-61(78)79)93-57(104)35(15-9-21-90-63(82)83)94-54(101)29(10-4-16-85-58(72)73)22-37(96)32(12-6-18-87-60(76)77)92-56(103)34(14-8-20-89-62(80)81)95-55(102)30(11-5-17-86-59(74)75)23-39(98)36(84-3)27-106-52-49(70)45(66)42(46(67)50(52)71)41-43(64)47(68)51(105-26-31)48(69)44(41)65/h28-36,59,84,86H,4-27,74-75H2,1-3H3,(H,91,100)(H,92,103)(H,93,104)(H,94,101)(H,95,102)(H4,72,73,85)(H4,76,77,87)(H4,78,79,88)(H4,80,81,89)(H4,82,83,90). The number of benzene rings is 2. The number of ketones is 4. The Morgan fingerprint density at radius 2 is 0.783 bits per heavy atom. The molecule has 2 aromatic rings. The molecule has 0 saturated heterocycles. The van der Waals surface area contributed by atoms with Gasteiger partial charge in [-0.1, -0.05) is 13.8 Å². The Morgan fingerprint density at radius 3 is 1.14 bits per heavy atom. The Labute approximate surface area is 615 Å². The van der Waals surface area contributed by atoms with Gasteiger partial charge in [-0.25, -0.2) is 35.1 Å². The van der Waals surface area contributed by atoms with Gasteiger partial charge in [-0.05, 0) is 90.6 Å². The third-order valence-electron chi connectivity index (χ3n) is 16.4. The number of Topliss-reactive ketones (excluding diaryl/α,β-unsaturated/α-hetero) is 4. The molecular formula is C63H98F8N24O9S2. The van der Waals surface area contributed by atoms with Crippen molar-refractivity contribution < 1.29 is 78.3 Å². The van der Waals surface area contributed by atoms with Crippen LogP contribution in [0.3, 0.4) is 0 Å². The molecule has 0 fully saturated rings. The maximum absolute atomic E-state index is 16.4. The second-order valence-electron chi connectivity index (χ2n) is 24.9. The second kappa shape index (κ2) is 46.0. The summed E-state index contributed by atoms with van der Waals surface area (Å²) < 4.78 is 130. The van der Waals surface area contributed by atoms with Gasteiger partial charge in [0.05, 0.1) is 51.5 Å². The predicted octanol–water partition coefficient (Wildman–Crippen LogP) is -1.90. The van der Waals surface area contributed by atoms with Crippen molar-refractivity contribution in [3.63, 3.8) is 0 Å². The smallest absolute Gasteiger partial charge is 0.243 e. The van der Waals surface area contributed by atoms with E-state index in [1.54, 1.807) is 0 Å².